The van der Waals surface area contributed by atoms with Gasteiger partial charge >= 0.3 is 6.03 Å². The molecule has 5 heteroatoms. The highest BCUT2D eigenvalue weighted by Gasteiger charge is 2.25. The van der Waals surface area contributed by atoms with Crippen molar-refractivity contribution in [1.82, 2.24) is 15.5 Å². The van der Waals surface area contributed by atoms with E-state index >= 15 is 0 Å². The van der Waals surface area contributed by atoms with Gasteiger partial charge in [0.25, 0.3) is 0 Å². The van der Waals surface area contributed by atoms with Crippen LogP contribution >= 0.6 is 0 Å². The largest absolute Gasteiger partial charge is 0.341 e. The predicted octanol–water partition coefficient (Wildman–Crippen LogP) is 0.808. The Morgan fingerprint density at radius 1 is 1.31 bits per heavy atom. The molecule has 5 nitrogen and oxygen atoms in total. The molecule has 94 valence electrons. The molecule has 1 atom stereocenters. The van der Waals surface area contributed by atoms with Crippen molar-refractivity contribution in [2.75, 3.05) is 20.6 Å². The van der Waals surface area contributed by atoms with Gasteiger partial charge in [-0.3, -0.25) is 15.0 Å². The molecular weight excluding hydrogens is 206 g/mol. The Hall–Kier alpha value is -1.10. The molecular formula is C11H23N3O2. The predicted molar refractivity (Wildman–Crippen MR) is 64.1 cm³/mol. The van der Waals surface area contributed by atoms with Crippen molar-refractivity contribution in [1.29, 1.82) is 0 Å². The molecule has 0 saturated heterocycles. The number of urea groups is 1. The smallest absolute Gasteiger partial charge is 0.321 e. The number of imide groups is 1. The van der Waals surface area contributed by atoms with E-state index in [-0.39, 0.29) is 23.9 Å². The molecule has 3 amide bonds. The summed E-state index contributed by atoms with van der Waals surface area (Å²) in [5.74, 6) is -0.294. The van der Waals surface area contributed by atoms with E-state index in [1.807, 2.05) is 11.9 Å². The van der Waals surface area contributed by atoms with Crippen molar-refractivity contribution < 1.29 is 9.59 Å². The highest BCUT2D eigenvalue weighted by molar-refractivity contribution is 5.95. The molecule has 1 unspecified atom stereocenters. The van der Waals surface area contributed by atoms with Crippen molar-refractivity contribution in [3.05, 3.63) is 0 Å². The zero-order valence-electron chi connectivity index (χ0n) is 11.0. The molecule has 0 radical (unpaired) electrons. The third kappa shape index (κ3) is 5.11. The Labute approximate surface area is 97.6 Å². The van der Waals surface area contributed by atoms with E-state index < -0.39 is 6.03 Å². The van der Waals surface area contributed by atoms with E-state index in [2.05, 4.69) is 38.3 Å². The lowest BCUT2D eigenvalue weighted by molar-refractivity contribution is -0.121. The van der Waals surface area contributed by atoms with Gasteiger partial charge in [0, 0.05) is 13.1 Å². The number of hydrogen-bond acceptors (Lipinski definition) is 3. The minimum absolute atomic E-state index is 0.0993. The molecule has 0 aliphatic rings. The Kier molecular flexibility index (Phi) is 5.44. The standard InChI is InChI=1S/C11H23N3O2/c1-8(11(2,3)4)14(6)7-9(15)13-10(16)12-5/h8H,7H2,1-6H3,(H2,12,13,15,16). The van der Waals surface area contributed by atoms with Crippen LogP contribution < -0.4 is 10.6 Å². The van der Waals surface area contributed by atoms with Crippen LogP contribution in [0.2, 0.25) is 0 Å². The average Bonchev–Trinajstić information content (AvgIpc) is 2.14. The molecule has 0 aromatic heterocycles. The van der Waals surface area contributed by atoms with Crippen LogP contribution in [0.1, 0.15) is 27.7 Å². The van der Waals surface area contributed by atoms with E-state index in [1.165, 1.54) is 7.05 Å². The molecule has 0 saturated carbocycles. The first-order valence-corrected chi connectivity index (χ1v) is 5.40. The zero-order chi connectivity index (χ0) is 12.9. The van der Waals surface area contributed by atoms with E-state index in [1.54, 1.807) is 0 Å². The minimum Gasteiger partial charge on any atom is -0.341 e. The number of nitrogens with zero attached hydrogens (tertiary/aromatic N) is 1. The summed E-state index contributed by atoms with van der Waals surface area (Å²) < 4.78 is 0. The van der Waals surface area contributed by atoms with E-state index in [9.17, 15) is 9.59 Å². The Balaban J connectivity index is 4.19. The highest BCUT2D eigenvalue weighted by Crippen LogP contribution is 2.22. The van der Waals surface area contributed by atoms with Crippen molar-refractivity contribution >= 4 is 11.9 Å². The van der Waals surface area contributed by atoms with Gasteiger partial charge in [-0.25, -0.2) is 4.79 Å². The van der Waals surface area contributed by atoms with E-state index in [0.717, 1.165) is 0 Å². The van der Waals surface area contributed by atoms with Crippen LogP contribution in [0.5, 0.6) is 0 Å². The third-order valence-electron chi connectivity index (χ3n) is 2.79. The monoisotopic (exact) mass is 229 g/mol. The van der Waals surface area contributed by atoms with Crippen molar-refractivity contribution in [3.8, 4) is 0 Å². The number of carbonyl (C=O) groups is 2. The SMILES string of the molecule is CNC(=O)NC(=O)CN(C)C(C)C(C)(C)C. The number of carbonyl (C=O) groups excluding carboxylic acids is 2. The summed E-state index contributed by atoms with van der Waals surface area (Å²) in [7, 11) is 3.35. The number of nitrogens with one attached hydrogen (secondary N) is 2. The van der Waals surface area contributed by atoms with Gasteiger partial charge < -0.3 is 5.32 Å². The Morgan fingerprint density at radius 3 is 2.19 bits per heavy atom. The summed E-state index contributed by atoms with van der Waals surface area (Å²) in [5.41, 5.74) is 0.0993. The molecule has 0 heterocycles. The first-order chi connectivity index (χ1) is 7.18. The summed E-state index contributed by atoms with van der Waals surface area (Å²) in [4.78, 5) is 24.3. The lowest BCUT2D eigenvalue weighted by atomic mass is 9.87. The first kappa shape index (κ1) is 14.9. The summed E-state index contributed by atoms with van der Waals surface area (Å²) >= 11 is 0. The number of amides is 3. The van der Waals surface area contributed by atoms with Gasteiger partial charge in [0.2, 0.25) is 5.91 Å². The molecule has 0 aromatic rings. The topological polar surface area (TPSA) is 61.4 Å². The summed E-state index contributed by atoms with van der Waals surface area (Å²) in [6.45, 7) is 8.62. The molecule has 0 aromatic carbocycles. The molecule has 16 heavy (non-hydrogen) atoms. The second kappa shape index (κ2) is 5.84. The molecule has 0 rings (SSSR count). The van der Waals surface area contributed by atoms with Gasteiger partial charge in [-0.05, 0) is 19.4 Å². The Morgan fingerprint density at radius 2 is 1.81 bits per heavy atom. The van der Waals surface area contributed by atoms with Crippen molar-refractivity contribution in [3.63, 3.8) is 0 Å². The van der Waals surface area contributed by atoms with Crippen molar-refractivity contribution in [2.24, 2.45) is 5.41 Å². The fourth-order valence-electron chi connectivity index (χ4n) is 1.25. The molecule has 0 aliphatic heterocycles. The van der Waals surface area contributed by atoms with Crippen LogP contribution in [0.15, 0.2) is 0 Å². The fraction of sp³-hybridized carbons (Fsp3) is 0.818. The summed E-state index contributed by atoms with van der Waals surface area (Å²) in [6.07, 6.45) is 0. The van der Waals surface area contributed by atoms with Crippen molar-refractivity contribution in [2.45, 2.75) is 33.7 Å². The van der Waals surface area contributed by atoms with Crippen LogP contribution in [0.3, 0.4) is 0 Å². The number of rotatable bonds is 3. The second-order valence-electron chi connectivity index (χ2n) is 5.08. The lowest BCUT2D eigenvalue weighted by Crippen LogP contribution is -2.47. The Bertz CT molecular complexity index is 258. The summed E-state index contributed by atoms with van der Waals surface area (Å²) in [5, 5.41) is 4.58. The lowest BCUT2D eigenvalue weighted by Gasteiger charge is -2.34. The maximum Gasteiger partial charge on any atom is 0.321 e. The van der Waals surface area contributed by atoms with E-state index in [4.69, 9.17) is 0 Å². The van der Waals surface area contributed by atoms with Gasteiger partial charge in [0.15, 0.2) is 0 Å². The minimum atomic E-state index is -0.471. The highest BCUT2D eigenvalue weighted by atomic mass is 16.2. The maximum atomic E-state index is 11.4. The van der Waals surface area contributed by atoms with Crippen LogP contribution in [0, 0.1) is 5.41 Å². The van der Waals surface area contributed by atoms with Gasteiger partial charge in [0.1, 0.15) is 0 Å². The van der Waals surface area contributed by atoms with Gasteiger partial charge in [-0.2, -0.15) is 0 Å². The van der Waals surface area contributed by atoms with Crippen LogP contribution in [-0.4, -0.2) is 43.5 Å². The second-order valence-corrected chi connectivity index (χ2v) is 5.08. The van der Waals surface area contributed by atoms with Gasteiger partial charge in [-0.15, -0.1) is 0 Å². The zero-order valence-corrected chi connectivity index (χ0v) is 11.0. The average molecular weight is 229 g/mol. The quantitative estimate of drug-likeness (QED) is 0.753. The molecule has 0 fully saturated rings. The molecule has 2 N–H and O–H groups in total. The van der Waals surface area contributed by atoms with Gasteiger partial charge in [0.05, 0.1) is 6.54 Å². The summed E-state index contributed by atoms with van der Waals surface area (Å²) in [6, 6.07) is -0.218. The molecule has 0 spiro atoms. The van der Waals surface area contributed by atoms with E-state index in [0.29, 0.717) is 0 Å². The maximum absolute atomic E-state index is 11.4. The normalized spacial score (nSPS) is 13.4. The van der Waals surface area contributed by atoms with Gasteiger partial charge in [-0.1, -0.05) is 20.8 Å². The number of likely N-dealkylation sites (N-methyl/N-ethyl adjacent to an activating group) is 1. The fourth-order valence-corrected chi connectivity index (χ4v) is 1.25. The van der Waals surface area contributed by atoms with Crippen LogP contribution in [0.4, 0.5) is 4.79 Å². The molecule has 0 aliphatic carbocycles. The van der Waals surface area contributed by atoms with Crippen LogP contribution in [0.25, 0.3) is 0 Å². The first-order valence-electron chi connectivity index (χ1n) is 5.40. The molecule has 0 bridgehead atoms. The number of hydrogen-bond donors (Lipinski definition) is 2. The third-order valence-corrected chi connectivity index (χ3v) is 2.79. The van der Waals surface area contributed by atoms with Crippen LogP contribution in [-0.2, 0) is 4.79 Å².